The van der Waals surface area contributed by atoms with Crippen LogP contribution in [0.25, 0.3) is 10.8 Å². The molecule has 1 aliphatic rings. The first-order chi connectivity index (χ1) is 14.2. The second-order valence-corrected chi connectivity index (χ2v) is 6.93. The first-order valence-corrected chi connectivity index (χ1v) is 9.72. The van der Waals surface area contributed by atoms with Crippen molar-refractivity contribution in [3.05, 3.63) is 72.1 Å². The number of morpholine rings is 1. The Morgan fingerprint density at radius 1 is 1.14 bits per heavy atom. The summed E-state index contributed by atoms with van der Waals surface area (Å²) in [4.78, 5) is 19.3. The molecular weight excluding hydrogens is 368 g/mol. The SMILES string of the molecule is COCCOc1ccc(C(=O)N2CCO[C@H](c3cc4ccccc4cn3)C2)cc1. The summed E-state index contributed by atoms with van der Waals surface area (Å²) >= 11 is 0. The molecule has 1 atom stereocenters. The topological polar surface area (TPSA) is 60.9 Å². The Morgan fingerprint density at radius 2 is 1.93 bits per heavy atom. The van der Waals surface area contributed by atoms with E-state index in [1.54, 1.807) is 19.2 Å². The molecule has 2 heterocycles. The molecule has 150 valence electrons. The number of hydrogen-bond donors (Lipinski definition) is 0. The summed E-state index contributed by atoms with van der Waals surface area (Å²) in [6.07, 6.45) is 1.63. The minimum absolute atomic E-state index is 0.0115. The maximum absolute atomic E-state index is 12.9. The van der Waals surface area contributed by atoms with Crippen LogP contribution in [0, 0.1) is 0 Å². The van der Waals surface area contributed by atoms with Gasteiger partial charge in [0.1, 0.15) is 18.5 Å². The Balaban J connectivity index is 1.43. The van der Waals surface area contributed by atoms with Gasteiger partial charge in [-0.05, 0) is 35.7 Å². The molecule has 6 heteroatoms. The maximum Gasteiger partial charge on any atom is 0.254 e. The van der Waals surface area contributed by atoms with Crippen molar-refractivity contribution in [3.63, 3.8) is 0 Å². The van der Waals surface area contributed by atoms with E-state index in [2.05, 4.69) is 11.1 Å². The van der Waals surface area contributed by atoms with Crippen molar-refractivity contribution in [3.8, 4) is 5.75 Å². The van der Waals surface area contributed by atoms with Gasteiger partial charge < -0.3 is 19.1 Å². The van der Waals surface area contributed by atoms with E-state index in [-0.39, 0.29) is 12.0 Å². The Kier molecular flexibility index (Phi) is 6.03. The Bertz CT molecular complexity index is 974. The minimum atomic E-state index is -0.228. The smallest absolute Gasteiger partial charge is 0.254 e. The predicted octanol–water partition coefficient (Wildman–Crippen LogP) is 3.47. The lowest BCUT2D eigenvalue weighted by molar-refractivity contribution is -0.0246. The van der Waals surface area contributed by atoms with Gasteiger partial charge in [0.2, 0.25) is 0 Å². The predicted molar refractivity (Wildman–Crippen MR) is 110 cm³/mol. The van der Waals surface area contributed by atoms with Crippen LogP contribution < -0.4 is 4.74 Å². The Labute approximate surface area is 170 Å². The van der Waals surface area contributed by atoms with E-state index in [9.17, 15) is 4.79 Å². The highest BCUT2D eigenvalue weighted by molar-refractivity contribution is 5.94. The first kappa shape index (κ1) is 19.4. The van der Waals surface area contributed by atoms with E-state index in [0.717, 1.165) is 22.2 Å². The third-order valence-corrected chi connectivity index (χ3v) is 4.99. The summed E-state index contributed by atoms with van der Waals surface area (Å²) in [6.45, 7) is 2.54. The van der Waals surface area contributed by atoms with Crippen LogP contribution in [0.5, 0.6) is 5.75 Å². The highest BCUT2D eigenvalue weighted by Gasteiger charge is 2.27. The summed E-state index contributed by atoms with van der Waals surface area (Å²) in [5.74, 6) is 0.710. The van der Waals surface area contributed by atoms with Crippen molar-refractivity contribution in [1.29, 1.82) is 0 Å². The number of amides is 1. The first-order valence-electron chi connectivity index (χ1n) is 9.72. The average Bonchev–Trinajstić information content (AvgIpc) is 2.79. The molecule has 1 amide bonds. The molecule has 6 nitrogen and oxygen atoms in total. The van der Waals surface area contributed by atoms with Gasteiger partial charge in [0, 0.05) is 30.8 Å². The molecule has 4 rings (SSSR count). The number of nitrogens with zero attached hydrogens (tertiary/aromatic N) is 2. The van der Waals surface area contributed by atoms with Gasteiger partial charge in [-0.15, -0.1) is 0 Å². The molecule has 2 aromatic carbocycles. The Hall–Kier alpha value is -2.96. The Morgan fingerprint density at radius 3 is 2.72 bits per heavy atom. The largest absolute Gasteiger partial charge is 0.491 e. The van der Waals surface area contributed by atoms with Gasteiger partial charge in [-0.3, -0.25) is 9.78 Å². The third-order valence-electron chi connectivity index (χ3n) is 4.99. The zero-order valence-corrected chi connectivity index (χ0v) is 16.4. The number of rotatable bonds is 6. The second-order valence-electron chi connectivity index (χ2n) is 6.93. The van der Waals surface area contributed by atoms with Gasteiger partial charge in [0.15, 0.2) is 0 Å². The number of benzene rings is 2. The van der Waals surface area contributed by atoms with Gasteiger partial charge in [-0.2, -0.15) is 0 Å². The van der Waals surface area contributed by atoms with E-state index in [4.69, 9.17) is 14.2 Å². The van der Waals surface area contributed by atoms with E-state index in [0.29, 0.717) is 38.5 Å². The monoisotopic (exact) mass is 392 g/mol. The standard InChI is InChI=1S/C23H24N2O4/c1-27-12-13-28-20-8-6-17(7-9-20)23(26)25-10-11-29-22(16-25)21-14-18-4-2-3-5-19(18)15-24-21/h2-9,14-15,22H,10-13,16H2,1H3/t22-/m0/s1. The molecule has 1 saturated heterocycles. The molecule has 0 saturated carbocycles. The van der Waals surface area contributed by atoms with Crippen molar-refractivity contribution in [1.82, 2.24) is 9.88 Å². The average molecular weight is 392 g/mol. The zero-order chi connectivity index (χ0) is 20.1. The fourth-order valence-electron chi connectivity index (χ4n) is 3.41. The van der Waals surface area contributed by atoms with Crippen molar-refractivity contribution in [2.24, 2.45) is 0 Å². The van der Waals surface area contributed by atoms with Crippen LogP contribution in [-0.2, 0) is 9.47 Å². The normalized spacial score (nSPS) is 16.7. The number of carbonyl (C=O) groups excluding carboxylic acids is 1. The third kappa shape index (κ3) is 4.55. The number of methoxy groups -OCH3 is 1. The van der Waals surface area contributed by atoms with Crippen LogP contribution in [0.3, 0.4) is 0 Å². The van der Waals surface area contributed by atoms with Crippen molar-refractivity contribution in [2.45, 2.75) is 6.10 Å². The summed E-state index contributed by atoms with van der Waals surface area (Å²) in [6, 6.07) is 17.3. The molecule has 1 fully saturated rings. The van der Waals surface area contributed by atoms with Crippen LogP contribution in [0.1, 0.15) is 22.2 Å². The molecule has 0 aliphatic carbocycles. The molecule has 29 heavy (non-hydrogen) atoms. The lowest BCUT2D eigenvalue weighted by Crippen LogP contribution is -2.42. The fourth-order valence-corrected chi connectivity index (χ4v) is 3.41. The molecule has 0 bridgehead atoms. The zero-order valence-electron chi connectivity index (χ0n) is 16.4. The fraction of sp³-hybridized carbons (Fsp3) is 0.304. The quantitative estimate of drug-likeness (QED) is 0.601. The maximum atomic E-state index is 12.9. The highest BCUT2D eigenvalue weighted by Crippen LogP contribution is 2.25. The molecule has 1 aromatic heterocycles. The minimum Gasteiger partial charge on any atom is -0.491 e. The molecule has 0 N–H and O–H groups in total. The molecular formula is C23H24N2O4. The summed E-state index contributed by atoms with van der Waals surface area (Å²) in [5.41, 5.74) is 1.49. The molecule has 3 aromatic rings. The van der Waals surface area contributed by atoms with Gasteiger partial charge in [0.25, 0.3) is 5.91 Å². The number of carbonyl (C=O) groups is 1. The highest BCUT2D eigenvalue weighted by atomic mass is 16.5. The van der Waals surface area contributed by atoms with Crippen molar-refractivity contribution in [2.75, 3.05) is 40.0 Å². The number of fused-ring (bicyclic) bond motifs is 1. The van der Waals surface area contributed by atoms with Gasteiger partial charge in [-0.25, -0.2) is 0 Å². The van der Waals surface area contributed by atoms with Gasteiger partial charge in [-0.1, -0.05) is 24.3 Å². The van der Waals surface area contributed by atoms with E-state index in [1.807, 2.05) is 47.5 Å². The summed E-state index contributed by atoms with van der Waals surface area (Å²) < 4.78 is 16.4. The van der Waals surface area contributed by atoms with E-state index >= 15 is 0 Å². The van der Waals surface area contributed by atoms with Crippen LogP contribution in [-0.4, -0.2) is 55.8 Å². The number of ether oxygens (including phenoxy) is 3. The van der Waals surface area contributed by atoms with Crippen LogP contribution >= 0.6 is 0 Å². The number of aromatic nitrogens is 1. The lowest BCUT2D eigenvalue weighted by atomic mass is 10.1. The van der Waals surface area contributed by atoms with Gasteiger partial charge >= 0.3 is 0 Å². The van der Waals surface area contributed by atoms with Gasteiger partial charge in [0.05, 0.1) is 25.5 Å². The lowest BCUT2D eigenvalue weighted by Gasteiger charge is -2.32. The molecule has 1 aliphatic heterocycles. The summed E-state index contributed by atoms with van der Waals surface area (Å²) in [7, 11) is 1.63. The number of pyridine rings is 1. The van der Waals surface area contributed by atoms with Crippen LogP contribution in [0.4, 0.5) is 0 Å². The van der Waals surface area contributed by atoms with Crippen LogP contribution in [0.2, 0.25) is 0 Å². The number of hydrogen-bond acceptors (Lipinski definition) is 5. The van der Waals surface area contributed by atoms with E-state index in [1.165, 1.54) is 0 Å². The van der Waals surface area contributed by atoms with E-state index < -0.39 is 0 Å². The molecule has 0 unspecified atom stereocenters. The molecule has 0 radical (unpaired) electrons. The molecule has 0 spiro atoms. The summed E-state index contributed by atoms with van der Waals surface area (Å²) in [5, 5.41) is 2.21. The van der Waals surface area contributed by atoms with Crippen molar-refractivity contribution >= 4 is 16.7 Å². The second kappa shape index (κ2) is 9.03. The van der Waals surface area contributed by atoms with Crippen LogP contribution in [0.15, 0.2) is 60.8 Å². The van der Waals surface area contributed by atoms with Crippen molar-refractivity contribution < 1.29 is 19.0 Å².